The van der Waals surface area contributed by atoms with Crippen LogP contribution in [0.25, 0.3) is 0 Å². The molecule has 3 rings (SSSR count). The molecule has 2 unspecified atom stereocenters. The Balaban J connectivity index is 1.59. The number of phenolic OH excluding ortho intramolecular Hbond substituents is 1. The second kappa shape index (κ2) is 9.24. The van der Waals surface area contributed by atoms with E-state index in [0.29, 0.717) is 30.6 Å². The summed E-state index contributed by atoms with van der Waals surface area (Å²) < 4.78 is 0. The molecule has 2 atom stereocenters. The van der Waals surface area contributed by atoms with E-state index in [9.17, 15) is 9.90 Å². The molecule has 1 amide bonds. The molecule has 0 bridgehead atoms. The first-order valence-corrected chi connectivity index (χ1v) is 10.3. The molecule has 1 aromatic carbocycles. The van der Waals surface area contributed by atoms with Crippen molar-refractivity contribution >= 4 is 11.6 Å². The minimum absolute atomic E-state index is 0.0487. The standard InChI is InChI=1S/C22H32N4O2/c1-4-26(22(28)20-12-18(23-3)14-25-20)19-7-5-6-17(11-19)24-13-16-8-9-21(27)15(2)10-16/h8-10,12,17,19,23-24,27H,4-7,11,13-14H2,1-3H3. The van der Waals surface area contributed by atoms with Crippen molar-refractivity contribution in [3.63, 3.8) is 0 Å². The van der Waals surface area contributed by atoms with Crippen molar-refractivity contribution in [1.82, 2.24) is 15.5 Å². The summed E-state index contributed by atoms with van der Waals surface area (Å²) in [5.41, 5.74) is 3.63. The van der Waals surface area contributed by atoms with Gasteiger partial charge in [0.2, 0.25) is 0 Å². The van der Waals surface area contributed by atoms with Crippen LogP contribution in [-0.2, 0) is 11.3 Å². The lowest BCUT2D eigenvalue weighted by Gasteiger charge is -2.37. The summed E-state index contributed by atoms with van der Waals surface area (Å²) in [6.45, 7) is 6.01. The fourth-order valence-electron chi connectivity index (χ4n) is 4.14. The lowest BCUT2D eigenvalue weighted by molar-refractivity contribution is -0.126. The SMILES string of the molecule is CCN(C(=O)C1=NCC(NC)=C1)C1CCCC(NCc2ccc(O)c(C)c2)C1. The number of amides is 1. The van der Waals surface area contributed by atoms with Gasteiger partial charge in [0.1, 0.15) is 11.5 Å². The summed E-state index contributed by atoms with van der Waals surface area (Å²) >= 11 is 0. The number of rotatable bonds is 7. The first-order chi connectivity index (χ1) is 13.5. The topological polar surface area (TPSA) is 77.0 Å². The maximum Gasteiger partial charge on any atom is 0.272 e. The Kier molecular flexibility index (Phi) is 6.73. The summed E-state index contributed by atoms with van der Waals surface area (Å²) in [5.74, 6) is 0.386. The van der Waals surface area contributed by atoms with Gasteiger partial charge in [0, 0.05) is 37.9 Å². The summed E-state index contributed by atoms with van der Waals surface area (Å²) in [6, 6.07) is 6.38. The molecule has 0 aromatic heterocycles. The summed E-state index contributed by atoms with van der Waals surface area (Å²) in [7, 11) is 1.86. The zero-order valence-corrected chi connectivity index (χ0v) is 17.2. The van der Waals surface area contributed by atoms with Crippen LogP contribution in [0.4, 0.5) is 0 Å². The molecule has 0 radical (unpaired) electrons. The van der Waals surface area contributed by atoms with Crippen LogP contribution in [0, 0.1) is 6.92 Å². The molecular formula is C22H32N4O2. The molecule has 1 aliphatic carbocycles. The Hall–Kier alpha value is -2.34. The predicted molar refractivity (Wildman–Crippen MR) is 113 cm³/mol. The Morgan fingerprint density at radius 1 is 1.36 bits per heavy atom. The molecule has 6 heteroatoms. The first kappa shape index (κ1) is 20.4. The van der Waals surface area contributed by atoms with Crippen molar-refractivity contribution in [2.24, 2.45) is 4.99 Å². The van der Waals surface area contributed by atoms with Crippen LogP contribution < -0.4 is 10.6 Å². The van der Waals surface area contributed by atoms with E-state index >= 15 is 0 Å². The van der Waals surface area contributed by atoms with E-state index in [2.05, 4.69) is 15.6 Å². The third kappa shape index (κ3) is 4.73. The highest BCUT2D eigenvalue weighted by molar-refractivity contribution is 6.44. The third-order valence-electron chi connectivity index (χ3n) is 5.82. The number of carbonyl (C=O) groups excluding carboxylic acids is 1. The Labute approximate surface area is 167 Å². The van der Waals surface area contributed by atoms with Gasteiger partial charge in [-0.25, -0.2) is 0 Å². The van der Waals surface area contributed by atoms with E-state index < -0.39 is 0 Å². The quantitative estimate of drug-likeness (QED) is 0.675. The van der Waals surface area contributed by atoms with Gasteiger partial charge in [-0.1, -0.05) is 12.1 Å². The van der Waals surface area contributed by atoms with E-state index in [1.54, 1.807) is 6.07 Å². The molecule has 28 heavy (non-hydrogen) atoms. The maximum absolute atomic E-state index is 13.0. The fourth-order valence-corrected chi connectivity index (χ4v) is 4.14. The number of nitrogens with one attached hydrogen (secondary N) is 2. The second-order valence-corrected chi connectivity index (χ2v) is 7.73. The van der Waals surface area contributed by atoms with Crippen molar-refractivity contribution in [1.29, 1.82) is 0 Å². The summed E-state index contributed by atoms with van der Waals surface area (Å²) in [5, 5.41) is 16.4. The number of phenols is 1. The molecule has 3 N–H and O–H groups in total. The zero-order valence-electron chi connectivity index (χ0n) is 17.2. The Bertz CT molecular complexity index is 772. The van der Waals surface area contributed by atoms with Gasteiger partial charge < -0.3 is 20.6 Å². The summed E-state index contributed by atoms with van der Waals surface area (Å²) in [4.78, 5) is 19.4. The van der Waals surface area contributed by atoms with Crippen LogP contribution in [0.2, 0.25) is 0 Å². The van der Waals surface area contributed by atoms with Gasteiger partial charge in [-0.15, -0.1) is 0 Å². The average molecular weight is 385 g/mol. The van der Waals surface area contributed by atoms with E-state index in [-0.39, 0.29) is 11.9 Å². The van der Waals surface area contributed by atoms with Gasteiger partial charge in [-0.3, -0.25) is 9.79 Å². The molecule has 1 heterocycles. The fraction of sp³-hybridized carbons (Fsp3) is 0.545. The summed E-state index contributed by atoms with van der Waals surface area (Å²) in [6.07, 6.45) is 6.13. The molecule has 6 nitrogen and oxygen atoms in total. The smallest absolute Gasteiger partial charge is 0.272 e. The zero-order chi connectivity index (χ0) is 20.1. The lowest BCUT2D eigenvalue weighted by atomic mass is 9.89. The van der Waals surface area contributed by atoms with Gasteiger partial charge in [-0.05, 0) is 62.8 Å². The van der Waals surface area contributed by atoms with Crippen LogP contribution in [0.15, 0.2) is 35.0 Å². The molecule has 152 valence electrons. The molecule has 0 spiro atoms. The highest BCUT2D eigenvalue weighted by Crippen LogP contribution is 2.25. The first-order valence-electron chi connectivity index (χ1n) is 10.3. The van der Waals surface area contributed by atoms with Crippen LogP contribution in [0.3, 0.4) is 0 Å². The van der Waals surface area contributed by atoms with Gasteiger partial charge in [0.15, 0.2) is 0 Å². The number of likely N-dealkylation sites (N-methyl/N-ethyl adjacent to an activating group) is 1. The van der Waals surface area contributed by atoms with Gasteiger partial charge in [0.25, 0.3) is 5.91 Å². The number of hydrogen-bond acceptors (Lipinski definition) is 5. The number of aliphatic imine (C=N–C) groups is 1. The number of aromatic hydroxyl groups is 1. The monoisotopic (exact) mass is 384 g/mol. The molecule has 2 aliphatic rings. The average Bonchev–Trinajstić information content (AvgIpc) is 3.19. The van der Waals surface area contributed by atoms with Gasteiger partial charge in [0.05, 0.1) is 6.54 Å². The number of carbonyl (C=O) groups is 1. The highest BCUT2D eigenvalue weighted by Gasteiger charge is 2.31. The van der Waals surface area contributed by atoms with Crippen LogP contribution >= 0.6 is 0 Å². The van der Waals surface area contributed by atoms with Crippen molar-refractivity contribution < 1.29 is 9.90 Å². The molecule has 1 aromatic rings. The number of hydrogen-bond donors (Lipinski definition) is 3. The van der Waals surface area contributed by atoms with E-state index in [0.717, 1.165) is 43.5 Å². The Morgan fingerprint density at radius 3 is 2.86 bits per heavy atom. The molecule has 1 saturated carbocycles. The predicted octanol–water partition coefficient (Wildman–Crippen LogP) is 2.51. The third-order valence-corrected chi connectivity index (χ3v) is 5.82. The molecule has 0 saturated heterocycles. The van der Waals surface area contributed by atoms with Gasteiger partial charge >= 0.3 is 0 Å². The van der Waals surface area contributed by atoms with Crippen LogP contribution in [-0.4, -0.2) is 53.8 Å². The normalized spacial score (nSPS) is 21.8. The van der Waals surface area contributed by atoms with E-state index in [1.807, 2.05) is 44.0 Å². The van der Waals surface area contributed by atoms with Crippen molar-refractivity contribution in [3.8, 4) is 5.75 Å². The van der Waals surface area contributed by atoms with Gasteiger partial charge in [-0.2, -0.15) is 0 Å². The lowest BCUT2D eigenvalue weighted by Crippen LogP contribution is -2.48. The Morgan fingerprint density at radius 2 is 2.18 bits per heavy atom. The minimum Gasteiger partial charge on any atom is -0.508 e. The number of nitrogens with zero attached hydrogens (tertiary/aromatic N) is 2. The largest absolute Gasteiger partial charge is 0.508 e. The molecule has 1 fully saturated rings. The second-order valence-electron chi connectivity index (χ2n) is 7.73. The molecular weight excluding hydrogens is 352 g/mol. The van der Waals surface area contributed by atoms with Crippen molar-refractivity contribution in [3.05, 3.63) is 41.1 Å². The van der Waals surface area contributed by atoms with Crippen LogP contribution in [0.1, 0.15) is 43.7 Å². The maximum atomic E-state index is 13.0. The van der Waals surface area contributed by atoms with Crippen molar-refractivity contribution in [2.45, 2.75) is 58.2 Å². The van der Waals surface area contributed by atoms with E-state index in [1.165, 1.54) is 5.56 Å². The number of benzene rings is 1. The van der Waals surface area contributed by atoms with Crippen molar-refractivity contribution in [2.75, 3.05) is 20.1 Å². The number of aryl methyl sites for hydroxylation is 1. The van der Waals surface area contributed by atoms with E-state index in [4.69, 9.17) is 0 Å². The minimum atomic E-state index is 0.0487. The molecule has 1 aliphatic heterocycles. The van der Waals surface area contributed by atoms with Crippen LogP contribution in [0.5, 0.6) is 5.75 Å². The highest BCUT2D eigenvalue weighted by atomic mass is 16.3.